The van der Waals surface area contributed by atoms with Crippen LogP contribution in [-0.4, -0.2) is 45.5 Å². The number of aromatic nitrogens is 2. The molecule has 2 aliphatic rings. The predicted octanol–water partition coefficient (Wildman–Crippen LogP) is 5.53. The fourth-order valence-corrected chi connectivity index (χ4v) is 5.15. The van der Waals surface area contributed by atoms with Gasteiger partial charge in [0.15, 0.2) is 0 Å². The number of hydrogen-bond acceptors (Lipinski definition) is 4. The Hall–Kier alpha value is -3.32. The lowest BCUT2D eigenvalue weighted by Crippen LogP contribution is -2.41. The van der Waals surface area contributed by atoms with Gasteiger partial charge >= 0.3 is 6.09 Å². The Labute approximate surface area is 191 Å². The summed E-state index contributed by atoms with van der Waals surface area (Å²) >= 11 is 0. The molecule has 1 aliphatic carbocycles. The minimum Gasteiger partial charge on any atom is -0.465 e. The minimum absolute atomic E-state index is 0.246. The first-order valence-electron chi connectivity index (χ1n) is 11.6. The van der Waals surface area contributed by atoms with E-state index in [-0.39, 0.29) is 6.10 Å². The first-order chi connectivity index (χ1) is 16.0. The highest BCUT2D eigenvalue weighted by Crippen LogP contribution is 2.39. The van der Waals surface area contributed by atoms with Crippen LogP contribution in [0.25, 0.3) is 32.9 Å². The van der Waals surface area contributed by atoms with Gasteiger partial charge in [-0.25, -0.2) is 4.79 Å². The van der Waals surface area contributed by atoms with Crippen molar-refractivity contribution < 1.29 is 19.2 Å². The van der Waals surface area contributed by atoms with E-state index in [4.69, 9.17) is 9.26 Å². The lowest BCUT2D eigenvalue weighted by Gasteiger charge is -2.31. The van der Waals surface area contributed by atoms with Gasteiger partial charge in [0.25, 0.3) is 0 Å². The molecule has 6 rings (SSSR count). The molecule has 0 radical (unpaired) electrons. The Morgan fingerprint density at radius 3 is 2.70 bits per heavy atom. The predicted molar refractivity (Wildman–Crippen MR) is 125 cm³/mol. The first-order valence-corrected chi connectivity index (χ1v) is 11.6. The molecule has 0 spiro atoms. The molecule has 1 N–H and O–H groups in total. The second-order valence-corrected chi connectivity index (χ2v) is 9.35. The van der Waals surface area contributed by atoms with Crippen LogP contribution in [0.15, 0.2) is 40.9 Å². The van der Waals surface area contributed by atoms with E-state index in [9.17, 15) is 9.90 Å². The van der Waals surface area contributed by atoms with Crippen LogP contribution in [0.1, 0.15) is 36.0 Å². The van der Waals surface area contributed by atoms with Gasteiger partial charge in [0.2, 0.25) is 0 Å². The molecule has 2 aromatic carbocycles. The standard InChI is InChI=1S/C26H27N3O4/c1-15-25(16(2)33-27-15)19-6-8-22-21(11-19)20-7-5-18(12-23(20)29(22)13-17-3-4-17)24-14-28(26(30)31)9-10-32-24/h5-8,11-12,17,24H,3-4,9-10,13-14H2,1-2H3,(H,30,31). The zero-order valence-electron chi connectivity index (χ0n) is 18.9. The van der Waals surface area contributed by atoms with E-state index in [0.29, 0.717) is 19.7 Å². The van der Waals surface area contributed by atoms with Gasteiger partial charge in [0, 0.05) is 40.5 Å². The largest absolute Gasteiger partial charge is 0.465 e. The minimum atomic E-state index is -0.890. The second-order valence-electron chi connectivity index (χ2n) is 9.35. The monoisotopic (exact) mass is 445 g/mol. The number of ether oxygens (including phenoxy) is 1. The van der Waals surface area contributed by atoms with Gasteiger partial charge in [0.1, 0.15) is 11.9 Å². The SMILES string of the molecule is Cc1noc(C)c1-c1ccc2c(c1)c1ccc(C3CN(C(=O)O)CCO3)cc1n2CC1CC1. The summed E-state index contributed by atoms with van der Waals surface area (Å²) in [5.41, 5.74) is 6.50. The van der Waals surface area contributed by atoms with Crippen molar-refractivity contribution in [1.29, 1.82) is 0 Å². The lowest BCUT2D eigenvalue weighted by molar-refractivity contribution is -0.0231. The van der Waals surface area contributed by atoms with Crippen molar-refractivity contribution in [3.63, 3.8) is 0 Å². The molecule has 33 heavy (non-hydrogen) atoms. The fraction of sp³-hybridized carbons (Fsp3) is 0.385. The van der Waals surface area contributed by atoms with E-state index < -0.39 is 6.09 Å². The third-order valence-electron chi connectivity index (χ3n) is 7.06. The van der Waals surface area contributed by atoms with Crippen molar-refractivity contribution in [2.45, 2.75) is 39.3 Å². The van der Waals surface area contributed by atoms with Crippen LogP contribution in [0, 0.1) is 19.8 Å². The summed E-state index contributed by atoms with van der Waals surface area (Å²) in [6.07, 6.45) is 1.41. The quantitative estimate of drug-likeness (QED) is 0.447. The van der Waals surface area contributed by atoms with Crippen LogP contribution in [-0.2, 0) is 11.3 Å². The van der Waals surface area contributed by atoms with Gasteiger partial charge in [-0.2, -0.15) is 0 Å². The highest BCUT2D eigenvalue weighted by Gasteiger charge is 2.27. The second kappa shape index (κ2) is 7.63. The zero-order chi connectivity index (χ0) is 22.7. The van der Waals surface area contributed by atoms with E-state index in [1.54, 1.807) is 0 Å². The Morgan fingerprint density at radius 2 is 1.97 bits per heavy atom. The summed E-state index contributed by atoms with van der Waals surface area (Å²) in [6, 6.07) is 13.1. The van der Waals surface area contributed by atoms with Gasteiger partial charge in [-0.1, -0.05) is 23.4 Å². The molecular formula is C26H27N3O4. The van der Waals surface area contributed by atoms with Gasteiger partial charge < -0.3 is 23.8 Å². The summed E-state index contributed by atoms with van der Waals surface area (Å²) in [4.78, 5) is 12.9. The van der Waals surface area contributed by atoms with Gasteiger partial charge in [-0.3, -0.25) is 0 Å². The van der Waals surface area contributed by atoms with E-state index in [2.05, 4.69) is 46.1 Å². The number of amides is 1. The smallest absolute Gasteiger partial charge is 0.407 e. The van der Waals surface area contributed by atoms with E-state index in [0.717, 1.165) is 40.6 Å². The van der Waals surface area contributed by atoms with Gasteiger partial charge in [-0.05, 0) is 61.9 Å². The van der Waals surface area contributed by atoms with Crippen LogP contribution in [0.2, 0.25) is 0 Å². The van der Waals surface area contributed by atoms with Crippen molar-refractivity contribution in [2.24, 2.45) is 5.92 Å². The molecular weight excluding hydrogens is 418 g/mol. The summed E-state index contributed by atoms with van der Waals surface area (Å²) in [5, 5.41) is 16.0. The van der Waals surface area contributed by atoms with Crippen LogP contribution in [0.4, 0.5) is 4.79 Å². The molecule has 7 heteroatoms. The molecule has 1 amide bonds. The average molecular weight is 446 g/mol. The summed E-state index contributed by atoms with van der Waals surface area (Å²) in [7, 11) is 0. The molecule has 170 valence electrons. The number of hydrogen-bond donors (Lipinski definition) is 1. The van der Waals surface area contributed by atoms with Crippen molar-refractivity contribution in [3.8, 4) is 11.1 Å². The molecule has 2 fully saturated rings. The Morgan fingerprint density at radius 1 is 1.12 bits per heavy atom. The third-order valence-corrected chi connectivity index (χ3v) is 7.06. The summed E-state index contributed by atoms with van der Waals surface area (Å²) in [5.74, 6) is 1.55. The molecule has 1 saturated heterocycles. The molecule has 4 aromatic rings. The van der Waals surface area contributed by atoms with Gasteiger partial charge in [-0.15, -0.1) is 0 Å². The van der Waals surface area contributed by atoms with Crippen molar-refractivity contribution in [1.82, 2.24) is 14.6 Å². The number of nitrogens with zero attached hydrogens (tertiary/aromatic N) is 3. The van der Waals surface area contributed by atoms with E-state index in [1.807, 2.05) is 13.8 Å². The molecule has 1 unspecified atom stereocenters. The van der Waals surface area contributed by atoms with Gasteiger partial charge in [0.05, 0.1) is 18.8 Å². The normalized spacial score (nSPS) is 19.0. The van der Waals surface area contributed by atoms with Crippen LogP contribution in [0.5, 0.6) is 0 Å². The van der Waals surface area contributed by atoms with Crippen LogP contribution < -0.4 is 0 Å². The maximum Gasteiger partial charge on any atom is 0.407 e. The molecule has 1 saturated carbocycles. The maximum atomic E-state index is 11.5. The summed E-state index contributed by atoms with van der Waals surface area (Å²) < 4.78 is 13.8. The van der Waals surface area contributed by atoms with Crippen LogP contribution in [0.3, 0.4) is 0 Å². The molecule has 0 bridgehead atoms. The number of rotatable bonds is 4. The molecule has 3 heterocycles. The van der Waals surface area contributed by atoms with E-state index in [1.165, 1.54) is 39.5 Å². The first kappa shape index (κ1) is 20.3. The van der Waals surface area contributed by atoms with Crippen LogP contribution >= 0.6 is 0 Å². The van der Waals surface area contributed by atoms with Crippen molar-refractivity contribution >= 4 is 27.9 Å². The number of fused-ring (bicyclic) bond motifs is 3. The summed E-state index contributed by atoms with van der Waals surface area (Å²) in [6.45, 7) is 6.12. The zero-order valence-corrected chi connectivity index (χ0v) is 18.9. The topological polar surface area (TPSA) is 80.7 Å². The Kier molecular flexibility index (Phi) is 4.69. The molecule has 1 atom stereocenters. The maximum absolute atomic E-state index is 11.5. The molecule has 7 nitrogen and oxygen atoms in total. The Bertz CT molecular complexity index is 1360. The third kappa shape index (κ3) is 3.47. The number of aryl methyl sites for hydroxylation is 2. The average Bonchev–Trinajstić information content (AvgIpc) is 3.52. The molecule has 2 aromatic heterocycles. The highest BCUT2D eigenvalue weighted by atomic mass is 16.5. The van der Waals surface area contributed by atoms with E-state index >= 15 is 0 Å². The van der Waals surface area contributed by atoms with Crippen molar-refractivity contribution in [3.05, 3.63) is 53.4 Å². The highest BCUT2D eigenvalue weighted by molar-refractivity contribution is 6.09. The lowest BCUT2D eigenvalue weighted by atomic mass is 10.0. The number of benzene rings is 2. The number of carbonyl (C=O) groups is 1. The fourth-order valence-electron chi connectivity index (χ4n) is 5.15. The number of morpholine rings is 1. The molecule has 1 aliphatic heterocycles. The number of carboxylic acid groups (broad SMARTS) is 1. The van der Waals surface area contributed by atoms with Crippen molar-refractivity contribution in [2.75, 3.05) is 19.7 Å². The Balaban J connectivity index is 1.49.